The van der Waals surface area contributed by atoms with E-state index in [1.807, 2.05) is 6.07 Å². The van der Waals surface area contributed by atoms with Crippen LogP contribution in [0.25, 0.3) is 0 Å². The maximum absolute atomic E-state index is 11.4. The minimum Gasteiger partial charge on any atom is -0.378 e. The highest BCUT2D eigenvalue weighted by Crippen LogP contribution is 2.50. The van der Waals surface area contributed by atoms with Crippen molar-refractivity contribution < 1.29 is 4.21 Å². The van der Waals surface area contributed by atoms with Crippen molar-refractivity contribution >= 4 is 38.3 Å². The Kier molecular flexibility index (Phi) is 4.22. The molecule has 5 heteroatoms. The first kappa shape index (κ1) is 15.9. The van der Waals surface area contributed by atoms with Gasteiger partial charge in [0.2, 0.25) is 0 Å². The monoisotopic (exact) mass is 402 g/mol. The van der Waals surface area contributed by atoms with Crippen LogP contribution in [-0.2, 0) is 11.0 Å². The van der Waals surface area contributed by atoms with E-state index in [2.05, 4.69) is 74.5 Å². The standard InChI is InChI=1S/C19H19BrN2OS/c1-24(23)22-14-9-10-18-17(11-14)15-3-2-4-16(15)19(21-18)12-5-7-13(20)8-6-12/h2-3,5-11,15-16,19,21-22H,4H2,1H3. The lowest BCUT2D eigenvalue weighted by Gasteiger charge is -2.37. The van der Waals surface area contributed by atoms with Gasteiger partial charge in [-0.1, -0.05) is 40.2 Å². The number of hydrogen-bond acceptors (Lipinski definition) is 2. The largest absolute Gasteiger partial charge is 0.378 e. The molecule has 0 bridgehead atoms. The number of hydrogen-bond donors (Lipinski definition) is 2. The molecule has 0 radical (unpaired) electrons. The van der Waals surface area contributed by atoms with E-state index in [4.69, 9.17) is 0 Å². The highest BCUT2D eigenvalue weighted by molar-refractivity contribution is 9.10. The van der Waals surface area contributed by atoms with Gasteiger partial charge in [-0.2, -0.15) is 0 Å². The van der Waals surface area contributed by atoms with E-state index < -0.39 is 11.0 Å². The lowest BCUT2D eigenvalue weighted by Crippen LogP contribution is -2.29. The summed E-state index contributed by atoms with van der Waals surface area (Å²) in [5.74, 6) is 0.919. The number of nitrogens with one attached hydrogen (secondary N) is 2. The Morgan fingerprint density at radius 2 is 2.00 bits per heavy atom. The molecule has 2 N–H and O–H groups in total. The first-order valence-corrected chi connectivity index (χ1v) is 10.4. The zero-order chi connectivity index (χ0) is 16.7. The fourth-order valence-corrected chi connectivity index (χ4v) is 4.55. The molecule has 1 aliphatic carbocycles. The van der Waals surface area contributed by atoms with E-state index in [1.54, 1.807) is 6.26 Å². The summed E-state index contributed by atoms with van der Waals surface area (Å²) in [5.41, 5.74) is 4.69. The van der Waals surface area contributed by atoms with Gasteiger partial charge >= 0.3 is 0 Å². The molecule has 3 nitrogen and oxygen atoms in total. The third-order valence-electron chi connectivity index (χ3n) is 4.85. The number of benzene rings is 2. The first-order valence-electron chi connectivity index (χ1n) is 8.04. The highest BCUT2D eigenvalue weighted by atomic mass is 79.9. The zero-order valence-electron chi connectivity index (χ0n) is 13.3. The van der Waals surface area contributed by atoms with Gasteiger partial charge in [0.05, 0.1) is 6.04 Å². The van der Waals surface area contributed by atoms with E-state index in [0.29, 0.717) is 17.9 Å². The van der Waals surface area contributed by atoms with Gasteiger partial charge in [-0.05, 0) is 53.8 Å². The summed E-state index contributed by atoms with van der Waals surface area (Å²) < 4.78 is 15.5. The summed E-state index contributed by atoms with van der Waals surface area (Å²) in [4.78, 5) is 0. The number of anilines is 2. The maximum atomic E-state index is 11.4. The topological polar surface area (TPSA) is 41.1 Å². The second-order valence-electron chi connectivity index (χ2n) is 6.39. The number of halogens is 1. The molecule has 0 saturated heterocycles. The van der Waals surface area contributed by atoms with Crippen LogP contribution in [-0.4, -0.2) is 10.5 Å². The fourth-order valence-electron chi connectivity index (χ4n) is 3.82. The molecule has 2 aliphatic rings. The SMILES string of the molecule is CS(=O)Nc1ccc2c(c1)C1C=CCC1C(c1ccc(Br)cc1)N2. The Balaban J connectivity index is 1.72. The molecular formula is C19H19BrN2OS. The van der Waals surface area contributed by atoms with E-state index in [-0.39, 0.29) is 0 Å². The van der Waals surface area contributed by atoms with Gasteiger partial charge in [0.25, 0.3) is 0 Å². The second kappa shape index (κ2) is 6.37. The zero-order valence-corrected chi connectivity index (χ0v) is 15.7. The van der Waals surface area contributed by atoms with Crippen molar-refractivity contribution in [3.8, 4) is 0 Å². The molecule has 0 fully saturated rings. The Morgan fingerprint density at radius 1 is 1.21 bits per heavy atom. The average molecular weight is 403 g/mol. The maximum Gasteiger partial charge on any atom is 0.113 e. The molecule has 0 saturated carbocycles. The van der Waals surface area contributed by atoms with E-state index in [9.17, 15) is 4.21 Å². The molecule has 1 heterocycles. The molecule has 0 spiro atoms. The predicted molar refractivity (Wildman–Crippen MR) is 105 cm³/mol. The lowest BCUT2D eigenvalue weighted by molar-refractivity contribution is 0.425. The summed E-state index contributed by atoms with van der Waals surface area (Å²) in [5, 5.41) is 3.73. The Hall–Kier alpha value is -1.59. The third-order valence-corrected chi connectivity index (χ3v) is 5.91. The van der Waals surface area contributed by atoms with Crippen molar-refractivity contribution in [2.75, 3.05) is 16.3 Å². The summed E-state index contributed by atoms with van der Waals surface area (Å²) in [7, 11) is -1.06. The summed E-state index contributed by atoms with van der Waals surface area (Å²) in [6, 6.07) is 15.1. The van der Waals surface area contributed by atoms with Gasteiger partial charge in [0, 0.05) is 28.0 Å². The normalized spacial score (nSPS) is 25.5. The molecule has 1 aliphatic heterocycles. The van der Waals surface area contributed by atoms with Gasteiger partial charge in [0.1, 0.15) is 11.0 Å². The van der Waals surface area contributed by atoms with Crippen molar-refractivity contribution in [2.45, 2.75) is 18.4 Å². The molecular weight excluding hydrogens is 384 g/mol. The van der Waals surface area contributed by atoms with Crippen molar-refractivity contribution in [3.63, 3.8) is 0 Å². The summed E-state index contributed by atoms with van der Waals surface area (Å²) in [6.07, 6.45) is 7.34. The van der Waals surface area contributed by atoms with Crippen molar-refractivity contribution in [1.82, 2.24) is 0 Å². The molecule has 4 atom stereocenters. The van der Waals surface area contributed by atoms with Crippen LogP contribution in [0.4, 0.5) is 11.4 Å². The van der Waals surface area contributed by atoms with Crippen LogP contribution in [0.1, 0.15) is 29.5 Å². The van der Waals surface area contributed by atoms with Crippen LogP contribution in [0.3, 0.4) is 0 Å². The molecule has 124 valence electrons. The van der Waals surface area contributed by atoms with Gasteiger partial charge in [0.15, 0.2) is 0 Å². The van der Waals surface area contributed by atoms with E-state index in [1.165, 1.54) is 16.8 Å². The number of fused-ring (bicyclic) bond motifs is 3. The Labute approximate surface area is 153 Å². The highest BCUT2D eigenvalue weighted by Gasteiger charge is 2.37. The lowest BCUT2D eigenvalue weighted by atomic mass is 9.77. The average Bonchev–Trinajstić information content (AvgIpc) is 3.04. The van der Waals surface area contributed by atoms with Gasteiger partial charge < -0.3 is 10.0 Å². The molecule has 0 aromatic heterocycles. The smallest absolute Gasteiger partial charge is 0.113 e. The second-order valence-corrected chi connectivity index (χ2v) is 8.41. The first-order chi connectivity index (χ1) is 11.6. The molecule has 0 amide bonds. The van der Waals surface area contributed by atoms with Crippen LogP contribution in [0.15, 0.2) is 59.1 Å². The Morgan fingerprint density at radius 3 is 2.75 bits per heavy atom. The molecule has 2 aromatic carbocycles. The number of rotatable bonds is 3. The summed E-state index contributed by atoms with van der Waals surface area (Å²) >= 11 is 3.51. The molecule has 2 aromatic rings. The molecule has 4 rings (SSSR count). The van der Waals surface area contributed by atoms with Crippen molar-refractivity contribution in [3.05, 3.63) is 70.2 Å². The van der Waals surface area contributed by atoms with Crippen LogP contribution in [0, 0.1) is 5.92 Å². The Bertz CT molecular complexity index is 819. The molecule has 24 heavy (non-hydrogen) atoms. The molecule has 4 unspecified atom stereocenters. The van der Waals surface area contributed by atoms with Crippen LogP contribution in [0.5, 0.6) is 0 Å². The van der Waals surface area contributed by atoms with Gasteiger partial charge in [-0.3, -0.25) is 0 Å². The van der Waals surface area contributed by atoms with E-state index in [0.717, 1.165) is 16.6 Å². The third kappa shape index (κ3) is 2.91. The minimum atomic E-state index is -1.06. The number of allylic oxidation sites excluding steroid dienone is 2. The van der Waals surface area contributed by atoms with E-state index >= 15 is 0 Å². The van der Waals surface area contributed by atoms with Gasteiger partial charge in [-0.25, -0.2) is 4.21 Å². The van der Waals surface area contributed by atoms with Crippen LogP contribution < -0.4 is 10.0 Å². The van der Waals surface area contributed by atoms with Crippen LogP contribution in [0.2, 0.25) is 0 Å². The van der Waals surface area contributed by atoms with Crippen LogP contribution >= 0.6 is 15.9 Å². The quantitative estimate of drug-likeness (QED) is 0.710. The van der Waals surface area contributed by atoms with Crippen molar-refractivity contribution in [1.29, 1.82) is 0 Å². The fraction of sp³-hybridized carbons (Fsp3) is 0.263. The minimum absolute atomic E-state index is 0.310. The summed E-state index contributed by atoms with van der Waals surface area (Å²) in [6.45, 7) is 0. The predicted octanol–water partition coefficient (Wildman–Crippen LogP) is 4.98. The van der Waals surface area contributed by atoms with Crippen molar-refractivity contribution in [2.24, 2.45) is 5.92 Å². The van der Waals surface area contributed by atoms with Gasteiger partial charge in [-0.15, -0.1) is 0 Å².